The van der Waals surface area contributed by atoms with Crippen LogP contribution in [0.5, 0.6) is 11.5 Å². The molecule has 100 valence electrons. The van der Waals surface area contributed by atoms with Crippen molar-refractivity contribution in [2.45, 2.75) is 20.8 Å². The number of fused-ring (bicyclic) bond motifs is 4. The topological polar surface area (TPSA) is 81.9 Å². The Kier molecular flexibility index (Phi) is 3.02. The Balaban J connectivity index is 2.69. The van der Waals surface area contributed by atoms with Gasteiger partial charge in [-0.15, -0.1) is 8.42 Å². The molecule has 2 N–H and O–H groups in total. The summed E-state index contributed by atoms with van der Waals surface area (Å²) in [7, 11) is -4.08. The first-order valence-electron chi connectivity index (χ1n) is 5.71. The summed E-state index contributed by atoms with van der Waals surface area (Å²) in [5, 5.41) is 0. The number of hydrogen-bond donors (Lipinski definition) is 1. The second kappa shape index (κ2) is 4.24. The van der Waals surface area contributed by atoms with E-state index in [0.717, 1.165) is 13.1 Å². The van der Waals surface area contributed by atoms with Crippen molar-refractivity contribution in [3.05, 3.63) is 11.6 Å². The molecule has 0 fully saturated rings. The van der Waals surface area contributed by atoms with Crippen LogP contribution in [0.4, 0.5) is 11.4 Å². The molecule has 18 heavy (non-hydrogen) atoms. The van der Waals surface area contributed by atoms with Gasteiger partial charge in [0.1, 0.15) is 0 Å². The summed E-state index contributed by atoms with van der Waals surface area (Å²) in [4.78, 5) is 1.98. The molecule has 0 saturated heterocycles. The van der Waals surface area contributed by atoms with Crippen molar-refractivity contribution in [1.82, 2.24) is 0 Å². The van der Waals surface area contributed by atoms with Gasteiger partial charge in [-0.05, 0) is 20.8 Å². The molecule has 0 atom stereocenters. The molecule has 0 amide bonds. The van der Waals surface area contributed by atoms with Crippen LogP contribution in [0.25, 0.3) is 0 Å². The molecular weight excluding hydrogens is 256 g/mol. The van der Waals surface area contributed by atoms with Gasteiger partial charge in [-0.25, -0.2) is 0 Å². The zero-order chi connectivity index (χ0) is 13.5. The largest absolute Gasteiger partial charge is 0.501 e. The number of rotatable bonds is 3. The number of benzene rings is 1. The van der Waals surface area contributed by atoms with Crippen LogP contribution < -0.4 is 19.0 Å². The standard InChI is InChI=1S/C11H16N2O4S/c1-4-13(5-2)8-6-9-10(12)7(3)11(8)17-18(14,15)16-9/h6H,4-5,12H2,1-3H3. The van der Waals surface area contributed by atoms with Gasteiger partial charge in [0.15, 0.2) is 11.5 Å². The third-order valence-corrected chi connectivity index (χ3v) is 3.75. The molecule has 2 heterocycles. The van der Waals surface area contributed by atoms with E-state index in [4.69, 9.17) is 14.1 Å². The van der Waals surface area contributed by atoms with E-state index < -0.39 is 10.4 Å². The van der Waals surface area contributed by atoms with Crippen LogP contribution in [0.3, 0.4) is 0 Å². The van der Waals surface area contributed by atoms with Crippen molar-refractivity contribution in [2.75, 3.05) is 23.7 Å². The molecule has 3 rings (SSSR count). The number of anilines is 2. The van der Waals surface area contributed by atoms with Gasteiger partial charge in [-0.2, -0.15) is 0 Å². The van der Waals surface area contributed by atoms with Crippen molar-refractivity contribution < 1.29 is 16.8 Å². The van der Waals surface area contributed by atoms with Crippen molar-refractivity contribution in [1.29, 1.82) is 0 Å². The highest BCUT2D eigenvalue weighted by Crippen LogP contribution is 2.45. The predicted octanol–water partition coefficient (Wildman–Crippen LogP) is 1.44. The van der Waals surface area contributed by atoms with Crippen LogP contribution in [-0.2, 0) is 10.4 Å². The minimum Gasteiger partial charge on any atom is -0.395 e. The number of nitrogens with zero attached hydrogens (tertiary/aromatic N) is 1. The minimum atomic E-state index is -4.08. The van der Waals surface area contributed by atoms with E-state index in [-0.39, 0.29) is 11.5 Å². The Hall–Kier alpha value is -1.63. The van der Waals surface area contributed by atoms with Crippen LogP contribution in [-0.4, -0.2) is 21.5 Å². The molecule has 7 heteroatoms. The maximum absolute atomic E-state index is 11.5. The number of hydrogen-bond acceptors (Lipinski definition) is 6. The van der Waals surface area contributed by atoms with E-state index in [9.17, 15) is 8.42 Å². The first-order valence-corrected chi connectivity index (χ1v) is 7.04. The second-order valence-corrected chi connectivity index (χ2v) is 5.16. The minimum absolute atomic E-state index is 0.121. The molecule has 2 bridgehead atoms. The van der Waals surface area contributed by atoms with Gasteiger partial charge < -0.3 is 19.0 Å². The first kappa shape index (κ1) is 12.8. The molecule has 0 radical (unpaired) electrons. The smallest absolute Gasteiger partial charge is 0.395 e. The summed E-state index contributed by atoms with van der Waals surface area (Å²) < 4.78 is 32.9. The molecule has 2 aliphatic heterocycles. The van der Waals surface area contributed by atoms with Crippen LogP contribution in [0.15, 0.2) is 6.07 Å². The summed E-state index contributed by atoms with van der Waals surface area (Å²) in [6.07, 6.45) is 0. The van der Waals surface area contributed by atoms with E-state index in [1.165, 1.54) is 0 Å². The van der Waals surface area contributed by atoms with Gasteiger partial charge >= 0.3 is 10.4 Å². The van der Waals surface area contributed by atoms with Crippen molar-refractivity contribution in [3.63, 3.8) is 0 Å². The SMILES string of the molecule is CCN(CC)c1cc2c(N)c(C)c1OS(=O)(=O)O2. The number of nitrogen functional groups attached to an aromatic ring is 1. The van der Waals surface area contributed by atoms with Gasteiger partial charge in [0.25, 0.3) is 0 Å². The van der Waals surface area contributed by atoms with Crippen molar-refractivity contribution >= 4 is 21.8 Å². The molecule has 0 unspecified atom stereocenters. The predicted molar refractivity (Wildman–Crippen MR) is 69.3 cm³/mol. The molecule has 1 aromatic carbocycles. The number of nitrogens with two attached hydrogens (primary N) is 1. The highest BCUT2D eigenvalue weighted by Gasteiger charge is 2.30. The van der Waals surface area contributed by atoms with Crippen LogP contribution in [0.2, 0.25) is 0 Å². The molecule has 2 aliphatic rings. The fourth-order valence-electron chi connectivity index (χ4n) is 1.97. The Morgan fingerprint density at radius 1 is 1.28 bits per heavy atom. The van der Waals surface area contributed by atoms with E-state index in [1.807, 2.05) is 18.7 Å². The lowest BCUT2D eigenvalue weighted by Crippen LogP contribution is -2.23. The molecule has 6 nitrogen and oxygen atoms in total. The average molecular weight is 272 g/mol. The Bertz CT molecular complexity index is 579. The third-order valence-electron chi connectivity index (χ3n) is 2.99. The zero-order valence-electron chi connectivity index (χ0n) is 10.6. The van der Waals surface area contributed by atoms with Gasteiger partial charge in [-0.1, -0.05) is 0 Å². The third kappa shape index (κ3) is 1.94. The van der Waals surface area contributed by atoms with E-state index in [0.29, 0.717) is 16.9 Å². The Morgan fingerprint density at radius 3 is 2.44 bits per heavy atom. The van der Waals surface area contributed by atoms with E-state index in [2.05, 4.69) is 0 Å². The molecule has 0 spiro atoms. The maximum Gasteiger partial charge on any atom is 0.501 e. The summed E-state index contributed by atoms with van der Waals surface area (Å²) in [6.45, 7) is 7.13. The summed E-state index contributed by atoms with van der Waals surface area (Å²) in [5.74, 6) is 0.369. The second-order valence-electron chi connectivity index (χ2n) is 4.01. The summed E-state index contributed by atoms with van der Waals surface area (Å²) >= 11 is 0. The normalized spacial score (nSPS) is 15.7. The first-order chi connectivity index (χ1) is 8.39. The van der Waals surface area contributed by atoms with Gasteiger partial charge in [0, 0.05) is 24.7 Å². The maximum atomic E-state index is 11.5. The van der Waals surface area contributed by atoms with E-state index >= 15 is 0 Å². The van der Waals surface area contributed by atoms with Crippen LogP contribution in [0.1, 0.15) is 19.4 Å². The average Bonchev–Trinajstić information content (AvgIpc) is 2.49. The van der Waals surface area contributed by atoms with Gasteiger partial charge in [0.05, 0.1) is 11.4 Å². The lowest BCUT2D eigenvalue weighted by atomic mass is 10.1. The Labute approximate surface area is 107 Å². The van der Waals surface area contributed by atoms with Crippen molar-refractivity contribution in [2.24, 2.45) is 0 Å². The molecular formula is C11H16N2O4S. The molecule has 0 saturated carbocycles. The fourth-order valence-corrected chi connectivity index (χ4v) is 2.78. The van der Waals surface area contributed by atoms with Gasteiger partial charge in [0.2, 0.25) is 0 Å². The lowest BCUT2D eigenvalue weighted by Gasteiger charge is -2.23. The molecule has 0 aliphatic carbocycles. The van der Waals surface area contributed by atoms with E-state index in [1.54, 1.807) is 13.0 Å². The molecule has 0 aromatic heterocycles. The zero-order valence-corrected chi connectivity index (χ0v) is 11.4. The molecule has 1 aromatic rings. The highest BCUT2D eigenvalue weighted by molar-refractivity contribution is 7.82. The van der Waals surface area contributed by atoms with Crippen LogP contribution in [0, 0.1) is 6.92 Å². The van der Waals surface area contributed by atoms with Crippen molar-refractivity contribution in [3.8, 4) is 11.5 Å². The fraction of sp³-hybridized carbons (Fsp3) is 0.455. The van der Waals surface area contributed by atoms with Crippen LogP contribution >= 0.6 is 0 Å². The monoisotopic (exact) mass is 272 g/mol. The Morgan fingerprint density at radius 2 is 1.89 bits per heavy atom. The quantitative estimate of drug-likeness (QED) is 0.838. The lowest BCUT2D eigenvalue weighted by molar-refractivity contribution is 0.400. The van der Waals surface area contributed by atoms with Gasteiger partial charge in [-0.3, -0.25) is 0 Å². The summed E-state index contributed by atoms with van der Waals surface area (Å²) in [6, 6.07) is 1.61. The highest BCUT2D eigenvalue weighted by atomic mass is 32.3. The summed E-state index contributed by atoms with van der Waals surface area (Å²) in [5.41, 5.74) is 7.37.